The molecule has 11 heteroatoms. The number of piperazine rings is 1. The number of methoxy groups -OCH3 is 1. The maximum Gasteiger partial charge on any atom is 0.317 e. The molecule has 37 heavy (non-hydrogen) atoms. The number of carbonyl (C=O) groups excluding carboxylic acids is 3. The number of halogens is 2. The molecule has 1 saturated heterocycles. The molecular weight excluding hydrogens is 517 g/mol. The van der Waals surface area contributed by atoms with Gasteiger partial charge in [0.15, 0.2) is 0 Å². The Morgan fingerprint density at radius 3 is 2.32 bits per heavy atom. The first-order chi connectivity index (χ1) is 17.7. The summed E-state index contributed by atoms with van der Waals surface area (Å²) in [5.74, 6) is -0.685. The number of ether oxygens (including phenoxy) is 1. The van der Waals surface area contributed by atoms with Gasteiger partial charge in [-0.15, -0.1) is 0 Å². The summed E-state index contributed by atoms with van der Waals surface area (Å²) in [5.41, 5.74) is 1.77. The van der Waals surface area contributed by atoms with E-state index in [1.165, 1.54) is 12.0 Å². The smallest absolute Gasteiger partial charge is 0.317 e. The van der Waals surface area contributed by atoms with E-state index in [0.29, 0.717) is 47.5 Å². The summed E-state index contributed by atoms with van der Waals surface area (Å²) in [4.78, 5) is 43.5. The lowest BCUT2D eigenvalue weighted by atomic mass is 10.2. The number of nitrogens with one attached hydrogen (secondary N) is 2. The van der Waals surface area contributed by atoms with Gasteiger partial charge in [0.1, 0.15) is 6.54 Å². The quantitative estimate of drug-likeness (QED) is 0.493. The fourth-order valence-corrected chi connectivity index (χ4v) is 4.19. The van der Waals surface area contributed by atoms with Gasteiger partial charge >= 0.3 is 6.03 Å². The van der Waals surface area contributed by atoms with Gasteiger partial charge in [-0.25, -0.2) is 4.79 Å². The van der Waals surface area contributed by atoms with Gasteiger partial charge in [-0.1, -0.05) is 23.2 Å². The Kier molecular flexibility index (Phi) is 10.4. The molecule has 4 amide bonds. The normalized spacial score (nSPS) is 13.5. The van der Waals surface area contributed by atoms with Crippen molar-refractivity contribution in [3.8, 4) is 0 Å². The standard InChI is InChI=1S/C26H33Cl2N5O4/c1-18(2)29-26(36)32-12-10-31(11-13-32)21-8-9-22(28)23(16-21)30-24(34)17-33(14-15-37-3)25(35)19-4-6-20(27)7-5-19/h4-9,16,18H,10-15,17H2,1-3H3,(H,29,36)(H,30,34). The van der Waals surface area contributed by atoms with Crippen LogP contribution in [0.3, 0.4) is 0 Å². The van der Waals surface area contributed by atoms with Gasteiger partial charge in [0.05, 0.1) is 17.3 Å². The Balaban J connectivity index is 1.64. The zero-order valence-electron chi connectivity index (χ0n) is 21.3. The number of urea groups is 1. The highest BCUT2D eigenvalue weighted by molar-refractivity contribution is 6.34. The van der Waals surface area contributed by atoms with Gasteiger partial charge in [0, 0.05) is 62.1 Å². The lowest BCUT2D eigenvalue weighted by molar-refractivity contribution is -0.117. The number of benzene rings is 2. The monoisotopic (exact) mass is 549 g/mol. The molecule has 2 aromatic carbocycles. The summed E-state index contributed by atoms with van der Waals surface area (Å²) < 4.78 is 5.12. The third-order valence-electron chi connectivity index (χ3n) is 5.85. The Bertz CT molecular complexity index is 1090. The second-order valence-corrected chi connectivity index (χ2v) is 9.86. The Morgan fingerprint density at radius 1 is 1.03 bits per heavy atom. The van der Waals surface area contributed by atoms with Crippen LogP contribution in [0.15, 0.2) is 42.5 Å². The largest absolute Gasteiger partial charge is 0.383 e. The van der Waals surface area contributed by atoms with Crippen molar-refractivity contribution in [1.82, 2.24) is 15.1 Å². The van der Waals surface area contributed by atoms with Crippen molar-refractivity contribution in [2.45, 2.75) is 19.9 Å². The zero-order chi connectivity index (χ0) is 26.9. The molecule has 200 valence electrons. The fraction of sp³-hybridized carbons (Fsp3) is 0.423. The van der Waals surface area contributed by atoms with Gasteiger partial charge in [-0.2, -0.15) is 0 Å². The van der Waals surface area contributed by atoms with Crippen molar-refractivity contribution >= 4 is 52.4 Å². The van der Waals surface area contributed by atoms with E-state index in [9.17, 15) is 14.4 Å². The predicted molar refractivity (Wildman–Crippen MR) is 147 cm³/mol. The molecule has 9 nitrogen and oxygen atoms in total. The molecule has 3 rings (SSSR count). The van der Waals surface area contributed by atoms with Crippen molar-refractivity contribution in [2.75, 3.05) is 63.2 Å². The van der Waals surface area contributed by atoms with E-state index in [-0.39, 0.29) is 43.6 Å². The summed E-state index contributed by atoms with van der Waals surface area (Å²) >= 11 is 12.3. The number of amides is 4. The van der Waals surface area contributed by atoms with Crippen molar-refractivity contribution in [1.29, 1.82) is 0 Å². The third-order valence-corrected chi connectivity index (χ3v) is 6.43. The number of nitrogens with zero attached hydrogens (tertiary/aromatic N) is 3. The molecule has 0 radical (unpaired) electrons. The first kappa shape index (κ1) is 28.6. The highest BCUT2D eigenvalue weighted by Crippen LogP contribution is 2.28. The molecule has 0 aliphatic carbocycles. The topological polar surface area (TPSA) is 94.2 Å². The molecule has 1 fully saturated rings. The zero-order valence-corrected chi connectivity index (χ0v) is 22.8. The van der Waals surface area contributed by atoms with Crippen molar-refractivity contribution in [3.63, 3.8) is 0 Å². The van der Waals surface area contributed by atoms with E-state index in [4.69, 9.17) is 27.9 Å². The second kappa shape index (κ2) is 13.5. The molecule has 2 aromatic rings. The van der Waals surface area contributed by atoms with Crippen LogP contribution in [-0.4, -0.2) is 86.7 Å². The van der Waals surface area contributed by atoms with Crippen LogP contribution in [0.25, 0.3) is 0 Å². The molecule has 0 atom stereocenters. The van der Waals surface area contributed by atoms with Crippen molar-refractivity contribution < 1.29 is 19.1 Å². The average molecular weight is 550 g/mol. The Labute approximate surface area is 227 Å². The highest BCUT2D eigenvalue weighted by Gasteiger charge is 2.23. The van der Waals surface area contributed by atoms with Crippen LogP contribution >= 0.6 is 23.2 Å². The van der Waals surface area contributed by atoms with Crippen LogP contribution in [-0.2, 0) is 9.53 Å². The van der Waals surface area contributed by atoms with E-state index < -0.39 is 0 Å². The number of rotatable bonds is 9. The van der Waals surface area contributed by atoms with Crippen LogP contribution < -0.4 is 15.5 Å². The Hall–Kier alpha value is -3.01. The third kappa shape index (κ3) is 8.24. The fourth-order valence-electron chi connectivity index (χ4n) is 3.90. The summed E-state index contributed by atoms with van der Waals surface area (Å²) in [7, 11) is 1.53. The molecule has 0 unspecified atom stereocenters. The molecular formula is C26H33Cl2N5O4. The second-order valence-electron chi connectivity index (χ2n) is 9.02. The molecule has 0 spiro atoms. The van der Waals surface area contributed by atoms with Crippen LogP contribution in [0.4, 0.5) is 16.2 Å². The van der Waals surface area contributed by atoms with E-state index in [2.05, 4.69) is 15.5 Å². The van der Waals surface area contributed by atoms with Crippen LogP contribution in [0.5, 0.6) is 0 Å². The van der Waals surface area contributed by atoms with Crippen LogP contribution in [0, 0.1) is 0 Å². The van der Waals surface area contributed by atoms with E-state index in [1.807, 2.05) is 26.0 Å². The minimum Gasteiger partial charge on any atom is -0.383 e. The first-order valence-electron chi connectivity index (χ1n) is 12.1. The minimum absolute atomic E-state index is 0.0649. The SMILES string of the molecule is COCCN(CC(=O)Nc1cc(N2CCN(C(=O)NC(C)C)CC2)ccc1Cl)C(=O)c1ccc(Cl)cc1. The molecule has 2 N–H and O–H groups in total. The summed E-state index contributed by atoms with van der Waals surface area (Å²) in [5, 5.41) is 6.66. The molecule has 1 aliphatic heterocycles. The number of carbonyl (C=O) groups is 3. The molecule has 1 aliphatic rings. The maximum atomic E-state index is 13.0. The van der Waals surface area contributed by atoms with Gasteiger partial charge in [0.2, 0.25) is 5.91 Å². The average Bonchev–Trinajstić information content (AvgIpc) is 2.87. The predicted octanol–water partition coefficient (Wildman–Crippen LogP) is 3.96. The molecule has 0 aromatic heterocycles. The maximum absolute atomic E-state index is 13.0. The van der Waals surface area contributed by atoms with E-state index in [0.717, 1.165) is 5.69 Å². The first-order valence-corrected chi connectivity index (χ1v) is 12.9. The summed E-state index contributed by atoms with van der Waals surface area (Å²) in [6, 6.07) is 11.9. The molecule has 0 bridgehead atoms. The number of hydrogen-bond donors (Lipinski definition) is 2. The lowest BCUT2D eigenvalue weighted by Gasteiger charge is -2.36. The highest BCUT2D eigenvalue weighted by atomic mass is 35.5. The molecule has 1 heterocycles. The van der Waals surface area contributed by atoms with E-state index in [1.54, 1.807) is 35.2 Å². The Morgan fingerprint density at radius 2 is 1.70 bits per heavy atom. The summed E-state index contributed by atoms with van der Waals surface area (Å²) in [6.07, 6.45) is 0. The van der Waals surface area contributed by atoms with E-state index >= 15 is 0 Å². The van der Waals surface area contributed by atoms with Crippen LogP contribution in [0.1, 0.15) is 24.2 Å². The number of hydrogen-bond acceptors (Lipinski definition) is 5. The van der Waals surface area contributed by atoms with Gasteiger partial charge in [-0.3, -0.25) is 9.59 Å². The van der Waals surface area contributed by atoms with Gasteiger partial charge < -0.3 is 30.1 Å². The summed E-state index contributed by atoms with van der Waals surface area (Å²) in [6.45, 7) is 6.70. The van der Waals surface area contributed by atoms with Gasteiger partial charge in [0.25, 0.3) is 5.91 Å². The minimum atomic E-state index is -0.382. The molecule has 0 saturated carbocycles. The lowest BCUT2D eigenvalue weighted by Crippen LogP contribution is -2.52. The van der Waals surface area contributed by atoms with Crippen molar-refractivity contribution in [2.24, 2.45) is 0 Å². The van der Waals surface area contributed by atoms with Crippen LogP contribution in [0.2, 0.25) is 10.0 Å². The van der Waals surface area contributed by atoms with Gasteiger partial charge in [-0.05, 0) is 56.3 Å². The number of anilines is 2. The van der Waals surface area contributed by atoms with Crippen molar-refractivity contribution in [3.05, 3.63) is 58.1 Å².